The standard InChI is InChI=1S/C16H21ClN2/c1-19(12-6-2-5-10-17)13-14-9-11-18-16-8-4-3-7-15(14)16/h3-4,7-9,11H,2,5-6,10,12-13H2,1H3. The highest BCUT2D eigenvalue weighted by Gasteiger charge is 2.04. The molecule has 0 radical (unpaired) electrons. The number of unbranched alkanes of at least 4 members (excludes halogenated alkanes) is 2. The van der Waals surface area contributed by atoms with Crippen LogP contribution in [-0.4, -0.2) is 29.4 Å². The van der Waals surface area contributed by atoms with Gasteiger partial charge in [-0.2, -0.15) is 0 Å². The maximum absolute atomic E-state index is 5.69. The fourth-order valence-corrected chi connectivity index (χ4v) is 2.50. The average Bonchev–Trinajstić information content (AvgIpc) is 2.44. The summed E-state index contributed by atoms with van der Waals surface area (Å²) < 4.78 is 0. The summed E-state index contributed by atoms with van der Waals surface area (Å²) >= 11 is 5.69. The van der Waals surface area contributed by atoms with Gasteiger partial charge in [0.2, 0.25) is 0 Å². The summed E-state index contributed by atoms with van der Waals surface area (Å²) in [5, 5.41) is 1.26. The molecule has 1 heterocycles. The van der Waals surface area contributed by atoms with Crippen LogP contribution < -0.4 is 0 Å². The van der Waals surface area contributed by atoms with Crippen LogP contribution in [0.4, 0.5) is 0 Å². The van der Waals surface area contributed by atoms with Crippen molar-refractivity contribution in [3.05, 3.63) is 42.1 Å². The Morgan fingerprint density at radius 3 is 2.79 bits per heavy atom. The Morgan fingerprint density at radius 2 is 1.95 bits per heavy atom. The van der Waals surface area contributed by atoms with Crippen LogP contribution in [0.5, 0.6) is 0 Å². The van der Waals surface area contributed by atoms with Crippen molar-refractivity contribution in [1.29, 1.82) is 0 Å². The van der Waals surface area contributed by atoms with Crippen LogP contribution in [0, 0.1) is 0 Å². The Hall–Kier alpha value is -1.12. The highest BCUT2D eigenvalue weighted by Crippen LogP contribution is 2.17. The predicted octanol–water partition coefficient (Wildman–Crippen LogP) is 4.08. The van der Waals surface area contributed by atoms with Crippen molar-refractivity contribution < 1.29 is 0 Å². The molecule has 0 unspecified atom stereocenters. The van der Waals surface area contributed by atoms with E-state index in [1.54, 1.807) is 0 Å². The van der Waals surface area contributed by atoms with Gasteiger partial charge >= 0.3 is 0 Å². The number of aromatic nitrogens is 1. The number of halogens is 1. The zero-order chi connectivity index (χ0) is 13.5. The highest BCUT2D eigenvalue weighted by molar-refractivity contribution is 6.17. The molecule has 2 nitrogen and oxygen atoms in total. The number of nitrogens with zero attached hydrogens (tertiary/aromatic N) is 2. The molecular weight excluding hydrogens is 256 g/mol. The van der Waals surface area contributed by atoms with Crippen LogP contribution in [-0.2, 0) is 6.54 Å². The Balaban J connectivity index is 1.97. The van der Waals surface area contributed by atoms with Crippen LogP contribution in [0.15, 0.2) is 36.5 Å². The zero-order valence-corrected chi connectivity index (χ0v) is 12.2. The van der Waals surface area contributed by atoms with Crippen LogP contribution in [0.2, 0.25) is 0 Å². The molecule has 2 rings (SSSR count). The molecule has 0 aliphatic heterocycles. The van der Waals surface area contributed by atoms with Crippen molar-refractivity contribution in [2.45, 2.75) is 25.8 Å². The Labute approximate surface area is 120 Å². The number of pyridine rings is 1. The summed E-state index contributed by atoms with van der Waals surface area (Å²) in [6.07, 6.45) is 5.45. The molecule has 0 bridgehead atoms. The molecular formula is C16H21ClN2. The minimum Gasteiger partial charge on any atom is -0.302 e. The van der Waals surface area contributed by atoms with E-state index < -0.39 is 0 Å². The summed E-state index contributed by atoms with van der Waals surface area (Å²) in [6, 6.07) is 10.5. The molecule has 3 heteroatoms. The Bertz CT molecular complexity index is 508. The van der Waals surface area contributed by atoms with Crippen molar-refractivity contribution in [3.8, 4) is 0 Å². The molecule has 2 aromatic rings. The molecule has 0 saturated heterocycles. The molecule has 0 amide bonds. The van der Waals surface area contributed by atoms with Crippen molar-refractivity contribution >= 4 is 22.5 Å². The van der Waals surface area contributed by atoms with E-state index in [2.05, 4.69) is 41.2 Å². The normalized spacial score (nSPS) is 11.3. The lowest BCUT2D eigenvalue weighted by atomic mass is 10.1. The molecule has 0 fully saturated rings. The van der Waals surface area contributed by atoms with Gasteiger partial charge in [-0.1, -0.05) is 24.6 Å². The largest absolute Gasteiger partial charge is 0.302 e. The van der Waals surface area contributed by atoms with Gasteiger partial charge in [-0.15, -0.1) is 11.6 Å². The SMILES string of the molecule is CN(CCCCCCl)Cc1ccnc2ccccc12. The summed E-state index contributed by atoms with van der Waals surface area (Å²) in [5.74, 6) is 0.776. The Morgan fingerprint density at radius 1 is 1.11 bits per heavy atom. The molecule has 1 aromatic heterocycles. The van der Waals surface area contributed by atoms with Gasteiger partial charge in [0.25, 0.3) is 0 Å². The lowest BCUT2D eigenvalue weighted by molar-refractivity contribution is 0.319. The lowest BCUT2D eigenvalue weighted by Gasteiger charge is -2.17. The van der Waals surface area contributed by atoms with E-state index >= 15 is 0 Å². The molecule has 0 spiro atoms. The summed E-state index contributed by atoms with van der Waals surface area (Å²) in [4.78, 5) is 6.77. The molecule has 0 saturated carbocycles. The first-order chi connectivity index (χ1) is 9.31. The van der Waals surface area contributed by atoms with Crippen LogP contribution in [0.1, 0.15) is 24.8 Å². The predicted molar refractivity (Wildman–Crippen MR) is 82.6 cm³/mol. The smallest absolute Gasteiger partial charge is 0.0705 e. The molecule has 0 N–H and O–H groups in total. The third-order valence-corrected chi connectivity index (χ3v) is 3.62. The van der Waals surface area contributed by atoms with Crippen LogP contribution in [0.25, 0.3) is 10.9 Å². The third-order valence-electron chi connectivity index (χ3n) is 3.35. The number of alkyl halides is 1. The van der Waals surface area contributed by atoms with Gasteiger partial charge in [0.1, 0.15) is 0 Å². The molecule has 0 atom stereocenters. The number of benzene rings is 1. The van der Waals surface area contributed by atoms with E-state index in [1.165, 1.54) is 23.8 Å². The minimum atomic E-state index is 0.776. The quantitative estimate of drug-likeness (QED) is 0.560. The fourth-order valence-electron chi connectivity index (χ4n) is 2.32. The number of hydrogen-bond donors (Lipinski definition) is 0. The topological polar surface area (TPSA) is 16.1 Å². The maximum atomic E-state index is 5.69. The molecule has 1 aromatic carbocycles. The van der Waals surface area contributed by atoms with Crippen LogP contribution in [0.3, 0.4) is 0 Å². The first kappa shape index (κ1) is 14.3. The second-order valence-electron chi connectivity index (χ2n) is 4.97. The zero-order valence-electron chi connectivity index (χ0n) is 11.5. The lowest BCUT2D eigenvalue weighted by Crippen LogP contribution is -2.19. The molecule has 0 aliphatic carbocycles. The van der Waals surface area contributed by atoms with Gasteiger partial charge in [0.15, 0.2) is 0 Å². The van der Waals surface area contributed by atoms with Gasteiger partial charge in [-0.05, 0) is 44.1 Å². The maximum Gasteiger partial charge on any atom is 0.0705 e. The van der Waals surface area contributed by atoms with Crippen molar-refractivity contribution in [1.82, 2.24) is 9.88 Å². The summed E-state index contributed by atoms with van der Waals surface area (Å²) in [6.45, 7) is 2.09. The van der Waals surface area contributed by atoms with E-state index in [1.807, 2.05) is 12.3 Å². The van der Waals surface area contributed by atoms with Crippen molar-refractivity contribution in [2.75, 3.05) is 19.5 Å². The average molecular weight is 277 g/mol. The van der Waals surface area contributed by atoms with E-state index in [0.29, 0.717) is 0 Å². The van der Waals surface area contributed by atoms with Crippen molar-refractivity contribution in [3.63, 3.8) is 0 Å². The van der Waals surface area contributed by atoms with E-state index in [4.69, 9.17) is 11.6 Å². The van der Waals surface area contributed by atoms with Crippen LogP contribution >= 0.6 is 11.6 Å². The summed E-state index contributed by atoms with van der Waals surface area (Å²) in [5.41, 5.74) is 2.43. The van der Waals surface area contributed by atoms with Gasteiger partial charge in [0.05, 0.1) is 5.52 Å². The number of hydrogen-bond acceptors (Lipinski definition) is 2. The van der Waals surface area contributed by atoms with E-state index in [0.717, 1.165) is 30.9 Å². The first-order valence-corrected chi connectivity index (χ1v) is 7.42. The molecule has 102 valence electrons. The molecule has 19 heavy (non-hydrogen) atoms. The monoisotopic (exact) mass is 276 g/mol. The van der Waals surface area contributed by atoms with Gasteiger partial charge in [0, 0.05) is 24.0 Å². The fraction of sp³-hybridized carbons (Fsp3) is 0.438. The Kier molecular flexibility index (Phi) is 5.62. The second-order valence-corrected chi connectivity index (χ2v) is 5.35. The number of para-hydroxylation sites is 1. The first-order valence-electron chi connectivity index (χ1n) is 6.88. The van der Waals surface area contributed by atoms with E-state index in [-0.39, 0.29) is 0 Å². The van der Waals surface area contributed by atoms with Gasteiger partial charge < -0.3 is 4.90 Å². The van der Waals surface area contributed by atoms with Gasteiger partial charge in [-0.3, -0.25) is 4.98 Å². The van der Waals surface area contributed by atoms with Crippen molar-refractivity contribution in [2.24, 2.45) is 0 Å². The second kappa shape index (κ2) is 7.46. The highest BCUT2D eigenvalue weighted by atomic mass is 35.5. The third kappa shape index (κ3) is 4.19. The summed E-state index contributed by atoms with van der Waals surface area (Å²) in [7, 11) is 2.18. The van der Waals surface area contributed by atoms with Gasteiger partial charge in [-0.25, -0.2) is 0 Å². The number of rotatable bonds is 7. The minimum absolute atomic E-state index is 0.776. The molecule has 0 aliphatic rings. The van der Waals surface area contributed by atoms with E-state index in [9.17, 15) is 0 Å². The number of fused-ring (bicyclic) bond motifs is 1.